The van der Waals surface area contributed by atoms with Crippen molar-refractivity contribution >= 4 is 74.6 Å². The van der Waals surface area contributed by atoms with Gasteiger partial charge < -0.3 is 73.5 Å². The van der Waals surface area contributed by atoms with Crippen molar-refractivity contribution in [3.8, 4) is 28.7 Å². The summed E-state index contributed by atoms with van der Waals surface area (Å²) in [6.45, 7) is 6.31. The molecule has 34 nitrogen and oxygen atoms in total. The molecule has 2 aliphatic heterocycles. The fourth-order valence-corrected chi connectivity index (χ4v) is 13.6. The van der Waals surface area contributed by atoms with Gasteiger partial charge in [0.1, 0.15) is 73.7 Å². The van der Waals surface area contributed by atoms with Crippen LogP contribution < -0.4 is 36.2 Å². The first-order valence-corrected chi connectivity index (χ1v) is 33.5. The minimum Gasteiger partial charge on any atom is -0.491 e. The number of hydrogen-bond donors (Lipinski definition) is 7. The zero-order chi connectivity index (χ0) is 66.9. The molecule has 8 N–H and O–H groups in total. The molecule has 496 valence electrons. The number of nitrogen functional groups attached to an aromatic ring is 1. The number of azide groups is 2. The molecule has 6 atom stereocenters. The van der Waals surface area contributed by atoms with Crippen molar-refractivity contribution in [3.05, 3.63) is 127 Å². The van der Waals surface area contributed by atoms with Crippen LogP contribution in [0, 0.1) is 25.7 Å². The zero-order valence-corrected chi connectivity index (χ0v) is 53.2. The smallest absolute Gasteiger partial charge is 0.490 e. The fraction of sp³-hybridized carbons (Fsp3) is 0.446. The van der Waals surface area contributed by atoms with E-state index >= 15 is 0 Å². The van der Waals surface area contributed by atoms with Crippen LogP contribution in [0.3, 0.4) is 0 Å². The van der Waals surface area contributed by atoms with E-state index in [4.69, 9.17) is 59.2 Å². The Morgan fingerprint density at radius 1 is 0.978 bits per heavy atom. The van der Waals surface area contributed by atoms with Gasteiger partial charge in [0.2, 0.25) is 5.91 Å². The van der Waals surface area contributed by atoms with Crippen molar-refractivity contribution in [1.82, 2.24) is 25.2 Å². The third kappa shape index (κ3) is 20.2. The number of fused-ring (bicyclic) bond motifs is 3. The third-order valence-electron chi connectivity index (χ3n) is 14.6. The first-order chi connectivity index (χ1) is 44.4. The van der Waals surface area contributed by atoms with Crippen LogP contribution in [0.2, 0.25) is 0 Å². The van der Waals surface area contributed by atoms with Gasteiger partial charge in [0.25, 0.3) is 5.91 Å². The number of ether oxygens (including phenoxy) is 5. The molecule has 0 saturated carbocycles. The van der Waals surface area contributed by atoms with Gasteiger partial charge in [0.05, 0.1) is 49.0 Å². The van der Waals surface area contributed by atoms with Crippen LogP contribution in [0.4, 0.5) is 11.5 Å². The number of pyridine rings is 1. The molecule has 0 spiro atoms. The van der Waals surface area contributed by atoms with Gasteiger partial charge in [-0.1, -0.05) is 28.1 Å². The number of rotatable bonds is 33. The Kier molecular flexibility index (Phi) is 24.8. The number of ketones is 1. The maximum atomic E-state index is 13.3. The average Bonchev–Trinajstić information content (AvgIpc) is 1.75. The highest BCUT2D eigenvalue weighted by Gasteiger charge is 2.44. The van der Waals surface area contributed by atoms with Crippen molar-refractivity contribution in [2.24, 2.45) is 10.2 Å². The minimum absolute atomic E-state index is 0.00998. The molecule has 1 fully saturated rings. The summed E-state index contributed by atoms with van der Waals surface area (Å²) in [6.07, 6.45) is 1.76. The number of Topliss-reactive ketones (excluding diaryl/α,β-unsaturated/α-hetero) is 1. The second kappa shape index (κ2) is 32.6. The molecule has 6 heterocycles. The lowest BCUT2D eigenvalue weighted by molar-refractivity contribution is -0.705. The Labute approximate surface area is 530 Å². The monoisotopic (exact) mass is 1350 g/mol. The van der Waals surface area contributed by atoms with Gasteiger partial charge in [-0.3, -0.25) is 18.9 Å². The number of nitrogens with zero attached hydrogens (tertiary/aromatic N) is 11. The van der Waals surface area contributed by atoms with E-state index in [1.165, 1.54) is 22.4 Å². The van der Waals surface area contributed by atoms with E-state index in [0.29, 0.717) is 48.9 Å². The van der Waals surface area contributed by atoms with E-state index in [1.54, 1.807) is 18.2 Å². The lowest BCUT2D eigenvalue weighted by Gasteiger charge is -2.31. The molecule has 2 amide bonds. The highest BCUT2D eigenvalue weighted by molar-refractivity contribution is 7.66. The molecular formula is C56H68N14O20P3+. The highest BCUT2D eigenvalue weighted by atomic mass is 31.3. The quantitative estimate of drug-likeness (QED) is 0.00337. The summed E-state index contributed by atoms with van der Waals surface area (Å²) >= 11 is 0. The van der Waals surface area contributed by atoms with Crippen molar-refractivity contribution < 1.29 is 93.5 Å². The summed E-state index contributed by atoms with van der Waals surface area (Å²) < 4.78 is 85.5. The van der Waals surface area contributed by atoms with Crippen LogP contribution >= 0.6 is 23.5 Å². The molecule has 0 aliphatic carbocycles. The molecule has 4 aromatic heterocycles. The summed E-state index contributed by atoms with van der Waals surface area (Å²) in [5.41, 5.74) is 30.7. The van der Waals surface area contributed by atoms with Crippen molar-refractivity contribution in [2.75, 3.05) is 76.6 Å². The van der Waals surface area contributed by atoms with Crippen LogP contribution in [0.15, 0.2) is 86.6 Å². The number of carbonyl (C=O) groups excluding carboxylic acids is 3. The van der Waals surface area contributed by atoms with E-state index in [0.717, 1.165) is 60.3 Å². The maximum absolute atomic E-state index is 13.3. The number of nitrogens with two attached hydrogens (primary N) is 1. The average molecular weight is 1350 g/mol. The number of phosphoric acid groups is 3. The van der Waals surface area contributed by atoms with Crippen LogP contribution in [-0.2, 0) is 68.3 Å². The Balaban J connectivity index is 0.725. The molecule has 8 rings (SSSR count). The SMILES string of the molecule is CC[n+]1c(C)cc(-c2cc3cc4c(cc3oc2=O)N(CCCC(=O)CCCNC(=O)c2cccc(OCC(N=[N+]=[N-])OCCOCC(=O)NCC#Cc3cn([C@H]5C[C@@H](OCN=[N+]=[N-])[C@@H](COP(=O)(O)OP(=O)(O)OP(=O)(O)O)O5)c5ncnc(N)c35)c2)CCC4)cc1C. The fourth-order valence-electron chi connectivity index (χ4n) is 10.5. The van der Waals surface area contributed by atoms with Gasteiger partial charge in [0, 0.05) is 109 Å². The van der Waals surface area contributed by atoms with Gasteiger partial charge in [-0.15, -0.1) is 0 Å². The summed E-state index contributed by atoms with van der Waals surface area (Å²) in [5, 5.41) is 13.5. The standard InChI is InChI=1S/C56H67N14O20P3/c1-4-69-35(2)22-40(23-36(69)3)44-26-41-24-37-12-8-18-68(45(37)27-46(41)88-56(44)74)19-9-14-42(71)13-7-17-61-55(73)38-10-5-15-43(25-38)84-32-50(65-67-59)83-21-20-82-31-49(72)60-16-6-11-39-29-70(54-52(39)53(57)62-33-63-54)51-28-47(85-34-64-66-58)48(87-51)30-86-92(78,79)90-93(80,81)89-91(75,76)77/h5,10,15,22-27,29,33,47-48,50-51H,4,7-9,12-14,16-21,28,30-32,34H2,1-3H3,(H7-,57,60,61,62,63,72,73,75,76,77,78,79,80,81)/p+1/t47-,48-,50?,51-/m1/s1. The molecule has 37 heteroatoms. The number of hydrogen-bond acceptors (Lipinski definition) is 22. The normalized spacial score (nSPS) is 17.0. The van der Waals surface area contributed by atoms with Crippen LogP contribution in [0.5, 0.6) is 5.75 Å². The Hall–Kier alpha value is -8.14. The van der Waals surface area contributed by atoms with Gasteiger partial charge >= 0.3 is 29.1 Å². The highest BCUT2D eigenvalue weighted by Crippen LogP contribution is 2.66. The molecule has 2 aliphatic rings. The second-order valence-electron chi connectivity index (χ2n) is 21.1. The summed E-state index contributed by atoms with van der Waals surface area (Å²) in [6, 6.07) is 16.3. The lowest BCUT2D eigenvalue weighted by atomic mass is 9.97. The molecule has 1 saturated heterocycles. The topological polar surface area (TPSA) is 473 Å². The molecule has 3 unspecified atom stereocenters. The molecule has 0 bridgehead atoms. The van der Waals surface area contributed by atoms with Gasteiger partial charge in [-0.05, 0) is 79.6 Å². The van der Waals surface area contributed by atoms with Crippen molar-refractivity contribution in [1.29, 1.82) is 0 Å². The number of phosphoric ester groups is 1. The maximum Gasteiger partial charge on any atom is 0.490 e. The molecule has 2 aromatic carbocycles. The van der Waals surface area contributed by atoms with Crippen molar-refractivity contribution in [2.45, 2.75) is 96.9 Å². The number of aryl methyl sites for hydroxylation is 3. The predicted molar refractivity (Wildman–Crippen MR) is 330 cm³/mol. The lowest BCUT2D eigenvalue weighted by Crippen LogP contribution is -2.39. The number of carbonyl (C=O) groups is 3. The minimum atomic E-state index is -5.82. The van der Waals surface area contributed by atoms with Crippen molar-refractivity contribution in [3.63, 3.8) is 0 Å². The number of nitrogens with one attached hydrogen (secondary N) is 2. The van der Waals surface area contributed by atoms with Gasteiger partial charge in [0.15, 0.2) is 17.6 Å². The van der Waals surface area contributed by atoms with E-state index < -0.39 is 79.6 Å². The second-order valence-corrected chi connectivity index (χ2v) is 25.5. The van der Waals surface area contributed by atoms with E-state index in [2.05, 4.69) is 83.6 Å². The summed E-state index contributed by atoms with van der Waals surface area (Å²) in [7, 11) is -17.0. The van der Waals surface area contributed by atoms with E-state index in [1.807, 2.05) is 38.1 Å². The number of benzene rings is 2. The third-order valence-corrected chi connectivity index (χ3v) is 18.4. The molecule has 6 aromatic rings. The van der Waals surface area contributed by atoms with E-state index in [9.17, 15) is 42.7 Å². The molecule has 0 radical (unpaired) electrons. The van der Waals surface area contributed by atoms with E-state index in [-0.39, 0.29) is 79.2 Å². The molecule has 93 heavy (non-hydrogen) atoms. The predicted octanol–water partition coefficient (Wildman–Crippen LogP) is 6.52. The van der Waals surface area contributed by atoms with Gasteiger partial charge in [-0.25, -0.2) is 33.0 Å². The Morgan fingerprint density at radius 3 is 2.52 bits per heavy atom. The van der Waals surface area contributed by atoms with Crippen LogP contribution in [0.1, 0.15) is 84.5 Å². The Morgan fingerprint density at radius 2 is 1.76 bits per heavy atom. The largest absolute Gasteiger partial charge is 0.491 e. The number of aromatic nitrogens is 4. The van der Waals surface area contributed by atoms with Gasteiger partial charge in [-0.2, -0.15) is 8.62 Å². The zero-order valence-electron chi connectivity index (χ0n) is 50.5. The summed E-state index contributed by atoms with van der Waals surface area (Å²) in [4.78, 5) is 105. The first-order valence-electron chi connectivity index (χ1n) is 29.0. The number of amides is 2. The first kappa shape index (κ1) is 70.7. The van der Waals surface area contributed by atoms with Crippen LogP contribution in [0.25, 0.3) is 54.0 Å². The molecular weight excluding hydrogens is 1280 g/mol. The Bertz CT molecular complexity index is 4080. The number of anilines is 2. The van der Waals surface area contributed by atoms with Crippen LogP contribution in [-0.4, -0.2) is 136 Å². The summed E-state index contributed by atoms with van der Waals surface area (Å²) in [5.74, 6) is 5.12.